The molecule has 10 nitrogen and oxygen atoms in total. The normalized spacial score (nSPS) is 11.8. The van der Waals surface area contributed by atoms with Crippen LogP contribution >= 0.6 is 0 Å². The molecular formula is C23H24N6O4. The number of carbonyl (C=O) groups excluding carboxylic acids is 1. The molecule has 0 bridgehead atoms. The fourth-order valence-electron chi connectivity index (χ4n) is 3.25. The van der Waals surface area contributed by atoms with E-state index in [2.05, 4.69) is 25.4 Å². The van der Waals surface area contributed by atoms with Crippen LogP contribution in [0.3, 0.4) is 0 Å². The van der Waals surface area contributed by atoms with Crippen LogP contribution < -0.4 is 14.8 Å². The van der Waals surface area contributed by atoms with Crippen molar-refractivity contribution in [2.75, 3.05) is 26.1 Å². The van der Waals surface area contributed by atoms with Crippen LogP contribution in [0.25, 0.3) is 16.7 Å². The fraction of sp³-hybridized carbons (Fsp3) is 0.261. The zero-order valence-corrected chi connectivity index (χ0v) is 18.6. The van der Waals surface area contributed by atoms with Gasteiger partial charge < -0.3 is 19.5 Å². The molecule has 4 aromatic rings. The Bertz CT molecular complexity index is 1240. The number of pyridine rings is 1. The Morgan fingerprint density at radius 1 is 1.09 bits per heavy atom. The van der Waals surface area contributed by atoms with Gasteiger partial charge in [0.2, 0.25) is 5.88 Å². The summed E-state index contributed by atoms with van der Waals surface area (Å²) in [5.41, 5.74) is 2.24. The zero-order valence-electron chi connectivity index (χ0n) is 18.6. The summed E-state index contributed by atoms with van der Waals surface area (Å²) in [6.07, 6.45) is 4.11. The van der Waals surface area contributed by atoms with Crippen molar-refractivity contribution in [1.29, 1.82) is 0 Å². The van der Waals surface area contributed by atoms with Gasteiger partial charge in [0.05, 0.1) is 19.9 Å². The molecule has 4 rings (SSSR count). The van der Waals surface area contributed by atoms with E-state index in [9.17, 15) is 4.79 Å². The molecule has 1 atom stereocenters. The number of aryl methyl sites for hydroxylation is 1. The Hall–Kier alpha value is -4.05. The fourth-order valence-corrected chi connectivity index (χ4v) is 3.25. The summed E-state index contributed by atoms with van der Waals surface area (Å²) in [6, 6.07) is 11.1. The number of nitrogens with zero attached hydrogens (tertiary/aromatic N) is 5. The molecule has 0 saturated heterocycles. The minimum atomic E-state index is -0.860. The van der Waals surface area contributed by atoms with Gasteiger partial charge >= 0.3 is 0 Å². The third kappa shape index (κ3) is 4.90. The maximum atomic E-state index is 12.9. The minimum absolute atomic E-state index is 0.245. The van der Waals surface area contributed by atoms with Crippen LogP contribution in [0, 0.1) is 6.92 Å². The molecule has 0 unspecified atom stereocenters. The molecule has 1 N–H and O–H groups in total. The first-order valence-corrected chi connectivity index (χ1v) is 10.3. The van der Waals surface area contributed by atoms with Gasteiger partial charge in [-0.3, -0.25) is 4.79 Å². The summed E-state index contributed by atoms with van der Waals surface area (Å²) in [7, 11) is 3.16. The van der Waals surface area contributed by atoms with E-state index in [4.69, 9.17) is 14.2 Å². The van der Waals surface area contributed by atoms with Crippen LogP contribution in [-0.4, -0.2) is 57.6 Å². The average Bonchev–Trinajstić information content (AvgIpc) is 3.28. The van der Waals surface area contributed by atoms with Crippen molar-refractivity contribution in [2.45, 2.75) is 19.4 Å². The first-order chi connectivity index (χ1) is 16.1. The number of aromatic nitrogens is 5. The lowest BCUT2D eigenvalue weighted by atomic mass is 10.2. The zero-order chi connectivity index (χ0) is 23.2. The van der Waals surface area contributed by atoms with Crippen LogP contribution in [0.15, 0.2) is 55.1 Å². The Morgan fingerprint density at radius 2 is 1.94 bits per heavy atom. The van der Waals surface area contributed by atoms with E-state index >= 15 is 0 Å². The average molecular weight is 448 g/mol. The molecule has 0 aliphatic carbocycles. The Morgan fingerprint density at radius 3 is 2.70 bits per heavy atom. The number of hydrogen-bond donors (Lipinski definition) is 1. The van der Waals surface area contributed by atoms with E-state index in [0.29, 0.717) is 35.6 Å². The summed E-state index contributed by atoms with van der Waals surface area (Å²) in [4.78, 5) is 25.8. The second-order valence-electron chi connectivity index (χ2n) is 7.24. The SMILES string of the molecule is COCC[C@H](Oc1ncnc2c1cnn2-c1ccccc1OC)C(=O)Nc1ccc(C)cn1. The molecule has 3 aromatic heterocycles. The van der Waals surface area contributed by atoms with Crippen LogP contribution in [0.4, 0.5) is 5.82 Å². The predicted octanol–water partition coefficient (Wildman–Crippen LogP) is 2.95. The highest BCUT2D eigenvalue weighted by Crippen LogP contribution is 2.28. The number of hydrogen-bond acceptors (Lipinski definition) is 8. The maximum Gasteiger partial charge on any atom is 0.266 e. The number of methoxy groups -OCH3 is 2. The topological polar surface area (TPSA) is 113 Å². The van der Waals surface area contributed by atoms with Crippen molar-refractivity contribution < 1.29 is 19.0 Å². The summed E-state index contributed by atoms with van der Waals surface area (Å²) < 4.78 is 18.3. The monoisotopic (exact) mass is 448 g/mol. The Balaban J connectivity index is 1.63. The van der Waals surface area contributed by atoms with Crippen molar-refractivity contribution in [1.82, 2.24) is 24.7 Å². The van der Waals surface area contributed by atoms with Crippen molar-refractivity contribution in [2.24, 2.45) is 0 Å². The lowest BCUT2D eigenvalue weighted by Gasteiger charge is -2.18. The Kier molecular flexibility index (Phi) is 6.75. The molecule has 170 valence electrons. The quantitative estimate of drug-likeness (QED) is 0.416. The highest BCUT2D eigenvalue weighted by Gasteiger charge is 2.24. The van der Waals surface area contributed by atoms with Crippen molar-refractivity contribution in [3.05, 3.63) is 60.7 Å². The molecule has 0 saturated carbocycles. The molecule has 3 heterocycles. The third-order valence-corrected chi connectivity index (χ3v) is 4.94. The molecule has 0 spiro atoms. The van der Waals surface area contributed by atoms with E-state index in [0.717, 1.165) is 11.3 Å². The lowest BCUT2D eigenvalue weighted by Crippen LogP contribution is -2.34. The molecular weight excluding hydrogens is 424 g/mol. The van der Waals surface area contributed by atoms with Gasteiger partial charge in [0.1, 0.15) is 29.0 Å². The van der Waals surface area contributed by atoms with Crippen LogP contribution in [0.5, 0.6) is 11.6 Å². The van der Waals surface area contributed by atoms with E-state index in [1.165, 1.54) is 6.33 Å². The molecule has 0 aliphatic rings. The van der Waals surface area contributed by atoms with Gasteiger partial charge in [0.15, 0.2) is 11.8 Å². The number of fused-ring (bicyclic) bond motifs is 1. The lowest BCUT2D eigenvalue weighted by molar-refractivity contribution is -0.123. The largest absolute Gasteiger partial charge is 0.494 e. The highest BCUT2D eigenvalue weighted by molar-refractivity contribution is 5.94. The summed E-state index contributed by atoms with van der Waals surface area (Å²) >= 11 is 0. The number of amides is 1. The summed E-state index contributed by atoms with van der Waals surface area (Å²) in [5, 5.41) is 7.79. The number of para-hydroxylation sites is 2. The van der Waals surface area contributed by atoms with E-state index < -0.39 is 6.10 Å². The van der Waals surface area contributed by atoms with Crippen molar-refractivity contribution >= 4 is 22.8 Å². The Labute approximate surface area is 190 Å². The number of benzene rings is 1. The molecule has 10 heteroatoms. The number of nitrogens with one attached hydrogen (secondary N) is 1. The number of anilines is 1. The molecule has 0 fully saturated rings. The van der Waals surface area contributed by atoms with Crippen LogP contribution in [0.2, 0.25) is 0 Å². The van der Waals surface area contributed by atoms with E-state index in [1.807, 2.05) is 37.3 Å². The van der Waals surface area contributed by atoms with Gasteiger partial charge in [-0.1, -0.05) is 18.2 Å². The maximum absolute atomic E-state index is 12.9. The van der Waals surface area contributed by atoms with Gasteiger partial charge in [0.25, 0.3) is 5.91 Å². The van der Waals surface area contributed by atoms with Gasteiger partial charge in [0, 0.05) is 19.7 Å². The number of carbonyl (C=O) groups is 1. The molecule has 1 aromatic carbocycles. The van der Waals surface area contributed by atoms with Gasteiger partial charge in [-0.2, -0.15) is 5.10 Å². The first kappa shape index (κ1) is 22.2. The highest BCUT2D eigenvalue weighted by atomic mass is 16.5. The van der Waals surface area contributed by atoms with Crippen molar-refractivity contribution in [3.8, 4) is 17.3 Å². The van der Waals surface area contributed by atoms with Crippen LogP contribution in [-0.2, 0) is 9.53 Å². The molecule has 33 heavy (non-hydrogen) atoms. The number of rotatable bonds is 9. The standard InChI is InChI=1S/C23H24N6O4/c1-15-8-9-20(24-12-15)28-22(30)19(10-11-31-2)33-23-16-13-27-29(21(16)25-14-26-23)17-6-4-5-7-18(17)32-3/h4-9,12-14,19H,10-11H2,1-3H3,(H,24,28,30)/t19-/m0/s1. The molecule has 1 amide bonds. The third-order valence-electron chi connectivity index (χ3n) is 4.94. The van der Waals surface area contributed by atoms with Gasteiger partial charge in [-0.05, 0) is 30.7 Å². The second-order valence-corrected chi connectivity index (χ2v) is 7.24. The molecule has 0 radical (unpaired) electrons. The second kappa shape index (κ2) is 10.0. The minimum Gasteiger partial charge on any atom is -0.494 e. The summed E-state index contributed by atoms with van der Waals surface area (Å²) in [6.45, 7) is 2.25. The van der Waals surface area contributed by atoms with E-state index in [1.54, 1.807) is 37.4 Å². The van der Waals surface area contributed by atoms with Crippen LogP contribution in [0.1, 0.15) is 12.0 Å². The van der Waals surface area contributed by atoms with Gasteiger partial charge in [-0.15, -0.1) is 0 Å². The van der Waals surface area contributed by atoms with E-state index in [-0.39, 0.29) is 11.8 Å². The summed E-state index contributed by atoms with van der Waals surface area (Å²) in [5.74, 6) is 0.974. The number of ether oxygens (including phenoxy) is 3. The first-order valence-electron chi connectivity index (χ1n) is 10.3. The van der Waals surface area contributed by atoms with Crippen molar-refractivity contribution in [3.63, 3.8) is 0 Å². The van der Waals surface area contributed by atoms with Gasteiger partial charge in [-0.25, -0.2) is 19.6 Å². The molecule has 0 aliphatic heterocycles. The predicted molar refractivity (Wildman–Crippen MR) is 122 cm³/mol. The smallest absolute Gasteiger partial charge is 0.266 e.